The third-order valence-corrected chi connectivity index (χ3v) is 3.42. The molecule has 0 fully saturated rings. The Morgan fingerprint density at radius 3 is 2.62 bits per heavy atom. The lowest BCUT2D eigenvalue weighted by molar-refractivity contribution is 1.13. The molecular weight excluding hydrogens is 242 g/mol. The first-order valence-electron chi connectivity index (χ1n) is 4.60. The molecule has 82 valence electrons. The van der Waals surface area contributed by atoms with E-state index in [-0.39, 0.29) is 0 Å². The third-order valence-electron chi connectivity index (χ3n) is 2.00. The highest BCUT2D eigenvalue weighted by atomic mass is 35.5. The molecule has 0 atom stereocenters. The molecule has 4 N–H and O–H groups in total. The number of pyridine rings is 1. The molecule has 0 aliphatic heterocycles. The van der Waals surface area contributed by atoms with Crippen molar-refractivity contribution in [3.8, 4) is 0 Å². The summed E-state index contributed by atoms with van der Waals surface area (Å²) in [6.07, 6.45) is 1.70. The van der Waals surface area contributed by atoms with E-state index >= 15 is 0 Å². The Balaban J connectivity index is 2.28. The van der Waals surface area contributed by atoms with Crippen molar-refractivity contribution in [3.63, 3.8) is 0 Å². The van der Waals surface area contributed by atoms with Crippen LogP contribution in [0.3, 0.4) is 0 Å². The number of anilines is 2. The minimum Gasteiger partial charge on any atom is -0.397 e. The van der Waals surface area contributed by atoms with Crippen LogP contribution in [0.1, 0.15) is 0 Å². The molecule has 1 heterocycles. The van der Waals surface area contributed by atoms with Gasteiger partial charge in [-0.1, -0.05) is 23.4 Å². The Morgan fingerprint density at radius 2 is 1.94 bits per heavy atom. The zero-order chi connectivity index (χ0) is 11.5. The maximum Gasteiger partial charge on any atom is 0.119 e. The van der Waals surface area contributed by atoms with Gasteiger partial charge < -0.3 is 11.5 Å². The Morgan fingerprint density at radius 1 is 1.12 bits per heavy atom. The number of nitrogens with zero attached hydrogens (tertiary/aromatic N) is 1. The predicted molar refractivity (Wildman–Crippen MR) is 68.6 cm³/mol. The molecule has 0 aliphatic carbocycles. The van der Waals surface area contributed by atoms with Gasteiger partial charge in [0.25, 0.3) is 0 Å². The molecular formula is C11H10ClN3S. The van der Waals surface area contributed by atoms with E-state index in [1.807, 2.05) is 12.1 Å². The van der Waals surface area contributed by atoms with Gasteiger partial charge in [0.2, 0.25) is 0 Å². The van der Waals surface area contributed by atoms with Crippen LogP contribution in [0.4, 0.5) is 11.4 Å². The van der Waals surface area contributed by atoms with Crippen LogP contribution in [0, 0.1) is 0 Å². The molecule has 3 nitrogen and oxygen atoms in total. The van der Waals surface area contributed by atoms with E-state index in [1.165, 1.54) is 11.8 Å². The molecule has 0 aliphatic rings. The average molecular weight is 252 g/mol. The van der Waals surface area contributed by atoms with Crippen LogP contribution in [0.25, 0.3) is 0 Å². The fraction of sp³-hybridized carbons (Fsp3) is 0. The minimum absolute atomic E-state index is 0.567. The largest absolute Gasteiger partial charge is 0.397 e. The van der Waals surface area contributed by atoms with Gasteiger partial charge in [-0.05, 0) is 30.3 Å². The summed E-state index contributed by atoms with van der Waals surface area (Å²) in [6, 6.07) is 9.07. The van der Waals surface area contributed by atoms with Crippen molar-refractivity contribution in [2.45, 2.75) is 9.92 Å². The molecule has 16 heavy (non-hydrogen) atoms. The molecule has 0 radical (unpaired) electrons. The summed E-state index contributed by atoms with van der Waals surface area (Å²) in [5, 5.41) is 1.39. The number of benzene rings is 1. The van der Waals surface area contributed by atoms with Gasteiger partial charge in [0, 0.05) is 11.1 Å². The van der Waals surface area contributed by atoms with E-state index in [2.05, 4.69) is 4.98 Å². The van der Waals surface area contributed by atoms with Crippen LogP contribution in [-0.2, 0) is 0 Å². The lowest BCUT2D eigenvalue weighted by Gasteiger charge is -2.05. The van der Waals surface area contributed by atoms with Gasteiger partial charge in [-0.2, -0.15) is 0 Å². The van der Waals surface area contributed by atoms with E-state index in [0.29, 0.717) is 16.4 Å². The molecule has 0 spiro atoms. The van der Waals surface area contributed by atoms with Crippen LogP contribution in [0.2, 0.25) is 5.02 Å². The molecule has 2 rings (SSSR count). The number of halogens is 1. The summed E-state index contributed by atoms with van der Waals surface area (Å²) >= 11 is 7.46. The second-order valence-electron chi connectivity index (χ2n) is 3.18. The normalized spacial score (nSPS) is 10.3. The van der Waals surface area contributed by atoms with Crippen LogP contribution in [0.15, 0.2) is 46.5 Å². The van der Waals surface area contributed by atoms with Crippen LogP contribution in [0.5, 0.6) is 0 Å². The van der Waals surface area contributed by atoms with Gasteiger partial charge in [-0.25, -0.2) is 4.98 Å². The van der Waals surface area contributed by atoms with Crippen LogP contribution in [-0.4, -0.2) is 4.98 Å². The van der Waals surface area contributed by atoms with Crippen molar-refractivity contribution in [3.05, 3.63) is 41.6 Å². The summed E-state index contributed by atoms with van der Waals surface area (Å²) in [5.74, 6) is 0. The second kappa shape index (κ2) is 4.63. The predicted octanol–water partition coefficient (Wildman–Crippen LogP) is 3.05. The van der Waals surface area contributed by atoms with Crippen LogP contribution < -0.4 is 11.5 Å². The summed E-state index contributed by atoms with van der Waals surface area (Å²) in [6.45, 7) is 0. The molecule has 1 aromatic heterocycles. The van der Waals surface area contributed by atoms with E-state index in [9.17, 15) is 0 Å². The lowest BCUT2D eigenvalue weighted by atomic mass is 10.3. The summed E-state index contributed by atoms with van der Waals surface area (Å²) in [4.78, 5) is 5.15. The van der Waals surface area contributed by atoms with Crippen molar-refractivity contribution in [1.29, 1.82) is 0 Å². The fourth-order valence-corrected chi connectivity index (χ4v) is 2.24. The fourth-order valence-electron chi connectivity index (χ4n) is 1.17. The first-order chi connectivity index (χ1) is 7.66. The van der Waals surface area contributed by atoms with Gasteiger partial charge in [0.1, 0.15) is 5.03 Å². The summed E-state index contributed by atoms with van der Waals surface area (Å²) < 4.78 is 0. The molecule has 0 saturated heterocycles. The minimum atomic E-state index is 0.567. The standard InChI is InChI=1S/C11H10ClN3S/c12-8-2-1-5-15-11(8)16-7-3-4-9(13)10(14)6-7/h1-6H,13-14H2. The van der Waals surface area contributed by atoms with Gasteiger partial charge in [-0.3, -0.25) is 0 Å². The summed E-state index contributed by atoms with van der Waals surface area (Å²) in [7, 11) is 0. The average Bonchev–Trinajstić information content (AvgIpc) is 2.27. The third kappa shape index (κ3) is 2.40. The SMILES string of the molecule is Nc1ccc(Sc2ncccc2Cl)cc1N. The van der Waals surface area contributed by atoms with E-state index in [4.69, 9.17) is 23.1 Å². The molecule has 0 amide bonds. The Labute approximate surface area is 103 Å². The van der Waals surface area contributed by atoms with Gasteiger partial charge in [-0.15, -0.1) is 0 Å². The van der Waals surface area contributed by atoms with Crippen molar-refractivity contribution in [2.75, 3.05) is 11.5 Å². The molecule has 0 unspecified atom stereocenters. The molecule has 0 bridgehead atoms. The van der Waals surface area contributed by atoms with Crippen LogP contribution >= 0.6 is 23.4 Å². The zero-order valence-corrected chi connectivity index (χ0v) is 9.92. The maximum absolute atomic E-state index is 6.01. The first-order valence-corrected chi connectivity index (χ1v) is 5.79. The Kier molecular flexibility index (Phi) is 3.22. The Hall–Kier alpha value is -1.39. The number of nitrogen functional groups attached to an aromatic ring is 2. The maximum atomic E-state index is 6.01. The zero-order valence-electron chi connectivity index (χ0n) is 8.35. The quantitative estimate of drug-likeness (QED) is 0.806. The number of aromatic nitrogens is 1. The van der Waals surface area contributed by atoms with E-state index in [0.717, 1.165) is 9.92 Å². The lowest BCUT2D eigenvalue weighted by Crippen LogP contribution is -1.93. The van der Waals surface area contributed by atoms with Gasteiger partial charge >= 0.3 is 0 Å². The van der Waals surface area contributed by atoms with Gasteiger partial charge in [0.05, 0.1) is 16.4 Å². The first kappa shape index (κ1) is 11.1. The topological polar surface area (TPSA) is 64.9 Å². The number of hydrogen-bond donors (Lipinski definition) is 2. The van der Waals surface area contributed by atoms with Crippen molar-refractivity contribution in [1.82, 2.24) is 4.98 Å². The highest BCUT2D eigenvalue weighted by molar-refractivity contribution is 7.99. The van der Waals surface area contributed by atoms with E-state index in [1.54, 1.807) is 24.4 Å². The molecule has 0 saturated carbocycles. The number of rotatable bonds is 2. The van der Waals surface area contributed by atoms with Crippen molar-refractivity contribution >= 4 is 34.7 Å². The van der Waals surface area contributed by atoms with Crippen molar-refractivity contribution in [2.24, 2.45) is 0 Å². The monoisotopic (exact) mass is 251 g/mol. The Bertz CT molecular complexity index is 516. The molecule has 2 aromatic rings. The highest BCUT2D eigenvalue weighted by Crippen LogP contribution is 2.33. The highest BCUT2D eigenvalue weighted by Gasteiger charge is 2.04. The molecule has 5 heteroatoms. The summed E-state index contributed by atoms with van der Waals surface area (Å²) in [5.41, 5.74) is 12.5. The number of nitrogens with two attached hydrogens (primary N) is 2. The molecule has 1 aromatic carbocycles. The smallest absolute Gasteiger partial charge is 0.119 e. The van der Waals surface area contributed by atoms with Gasteiger partial charge in [0.15, 0.2) is 0 Å². The second-order valence-corrected chi connectivity index (χ2v) is 4.65. The van der Waals surface area contributed by atoms with E-state index < -0.39 is 0 Å². The number of hydrogen-bond acceptors (Lipinski definition) is 4. The van der Waals surface area contributed by atoms with Crippen molar-refractivity contribution < 1.29 is 0 Å².